The van der Waals surface area contributed by atoms with E-state index in [2.05, 4.69) is 20.6 Å². The summed E-state index contributed by atoms with van der Waals surface area (Å²) in [7, 11) is 1.61. The summed E-state index contributed by atoms with van der Waals surface area (Å²) in [5.41, 5.74) is 15.5. The Balaban J connectivity index is 2.20. The Kier molecular flexibility index (Phi) is 11.8. The van der Waals surface area contributed by atoms with E-state index in [1.54, 1.807) is 31.8 Å². The summed E-state index contributed by atoms with van der Waals surface area (Å²) < 4.78 is 16.8. The lowest BCUT2D eigenvalue weighted by molar-refractivity contribution is -0.194. The first-order valence-corrected chi connectivity index (χ1v) is 12.0. The average molecular weight is 498 g/mol. The number of pyridine rings is 2. The molecule has 0 aliphatic carbocycles. The molecule has 0 aromatic carbocycles. The van der Waals surface area contributed by atoms with Gasteiger partial charge in [-0.15, -0.1) is 0 Å². The van der Waals surface area contributed by atoms with E-state index in [0.29, 0.717) is 42.5 Å². The van der Waals surface area contributed by atoms with Crippen molar-refractivity contribution in [3.63, 3.8) is 0 Å². The number of hydrogen-bond donors (Lipinski definition) is 5. The molecule has 7 N–H and O–H groups in total. The second-order valence-electron chi connectivity index (χ2n) is 8.21. The molecule has 10 nitrogen and oxygen atoms in total. The van der Waals surface area contributed by atoms with E-state index >= 15 is 0 Å². The number of nitrogens with two attached hydrogens (primary N) is 2. The molecule has 0 aliphatic heterocycles. The topological polar surface area (TPSA) is 153 Å². The third-order valence-electron chi connectivity index (χ3n) is 5.32. The molecule has 2 heterocycles. The number of nitrogens with one attached hydrogen (secondary N) is 3. The Hall–Kier alpha value is -3.47. The highest BCUT2D eigenvalue weighted by molar-refractivity contribution is 6.08. The number of anilines is 1. The molecule has 0 fully saturated rings. The second-order valence-corrected chi connectivity index (χ2v) is 8.21. The Labute approximate surface area is 213 Å². The van der Waals surface area contributed by atoms with E-state index in [4.69, 9.17) is 31.1 Å². The van der Waals surface area contributed by atoms with Crippen molar-refractivity contribution in [2.45, 2.75) is 40.1 Å². The summed E-state index contributed by atoms with van der Waals surface area (Å²) in [6.45, 7) is 9.37. The molecule has 0 spiro atoms. The molecule has 0 amide bonds. The molecule has 1 atom stereocenters. The molecule has 2 rings (SSSR count). The first-order chi connectivity index (χ1) is 17.4. The van der Waals surface area contributed by atoms with Gasteiger partial charge in [-0.2, -0.15) is 0 Å². The Morgan fingerprint density at radius 3 is 2.47 bits per heavy atom. The lowest BCUT2D eigenvalue weighted by Crippen LogP contribution is -2.40. The van der Waals surface area contributed by atoms with Gasteiger partial charge >= 0.3 is 0 Å². The zero-order chi connectivity index (χ0) is 26.5. The van der Waals surface area contributed by atoms with Crippen molar-refractivity contribution in [3.8, 4) is 0 Å². The molecule has 0 saturated heterocycles. The summed E-state index contributed by atoms with van der Waals surface area (Å²) in [5.74, 6) is 1.26. The van der Waals surface area contributed by atoms with E-state index in [9.17, 15) is 0 Å². The molecule has 2 aromatic rings. The number of allylic oxidation sites excluding steroid dienone is 3. The Morgan fingerprint density at radius 1 is 1.17 bits per heavy atom. The van der Waals surface area contributed by atoms with Crippen molar-refractivity contribution in [2.75, 3.05) is 32.2 Å². The van der Waals surface area contributed by atoms with E-state index in [1.807, 2.05) is 45.9 Å². The Bertz CT molecular complexity index is 1080. The number of methoxy groups -OCH3 is 1. The molecule has 0 radical (unpaired) electrons. The predicted molar refractivity (Wildman–Crippen MR) is 145 cm³/mol. The fraction of sp³-hybridized carbons (Fsp3) is 0.423. The summed E-state index contributed by atoms with van der Waals surface area (Å²) in [4.78, 5) is 9.13. The molecule has 2 aromatic heterocycles. The first kappa shape index (κ1) is 28.8. The predicted octanol–water partition coefficient (Wildman–Crippen LogP) is 3.33. The van der Waals surface area contributed by atoms with Gasteiger partial charge in [0.15, 0.2) is 6.29 Å². The van der Waals surface area contributed by atoms with Gasteiger partial charge in [0, 0.05) is 56.6 Å². The van der Waals surface area contributed by atoms with Crippen molar-refractivity contribution in [1.82, 2.24) is 15.3 Å². The number of rotatable bonds is 15. The van der Waals surface area contributed by atoms with Gasteiger partial charge in [-0.05, 0) is 55.8 Å². The van der Waals surface area contributed by atoms with Gasteiger partial charge in [-0.3, -0.25) is 4.98 Å². The van der Waals surface area contributed by atoms with Crippen LogP contribution in [0.3, 0.4) is 0 Å². The minimum absolute atomic E-state index is 0.245. The molecular weight excluding hydrogens is 458 g/mol. The fourth-order valence-electron chi connectivity index (χ4n) is 3.38. The first-order valence-electron chi connectivity index (χ1n) is 12.0. The molecule has 1 unspecified atom stereocenters. The molecule has 36 heavy (non-hydrogen) atoms. The third-order valence-corrected chi connectivity index (χ3v) is 5.32. The van der Waals surface area contributed by atoms with Gasteiger partial charge in [-0.1, -0.05) is 13.8 Å². The molecule has 0 saturated carbocycles. The van der Waals surface area contributed by atoms with Crippen LogP contribution in [0.4, 0.5) is 5.82 Å². The van der Waals surface area contributed by atoms with Crippen molar-refractivity contribution in [3.05, 3.63) is 59.8 Å². The minimum atomic E-state index is -0.481. The zero-order valence-electron chi connectivity index (χ0n) is 21.7. The third kappa shape index (κ3) is 8.33. The van der Waals surface area contributed by atoms with Crippen LogP contribution < -0.4 is 22.1 Å². The lowest BCUT2D eigenvalue weighted by Gasteiger charge is -2.25. The fourth-order valence-corrected chi connectivity index (χ4v) is 3.38. The highest BCUT2D eigenvalue weighted by Crippen LogP contribution is 2.19. The van der Waals surface area contributed by atoms with Crippen LogP contribution in [0.15, 0.2) is 54.3 Å². The van der Waals surface area contributed by atoms with E-state index < -0.39 is 6.29 Å². The summed E-state index contributed by atoms with van der Waals surface area (Å²) in [6, 6.07) is 5.55. The quantitative estimate of drug-likeness (QED) is 0.142. The molecular formula is C26H39N7O3. The lowest BCUT2D eigenvalue weighted by atomic mass is 10.0. The van der Waals surface area contributed by atoms with Crippen LogP contribution >= 0.6 is 0 Å². The van der Waals surface area contributed by atoms with Gasteiger partial charge in [0.1, 0.15) is 17.7 Å². The van der Waals surface area contributed by atoms with Gasteiger partial charge in [-0.25, -0.2) is 4.98 Å². The van der Waals surface area contributed by atoms with Crippen molar-refractivity contribution in [1.29, 1.82) is 5.41 Å². The second kappa shape index (κ2) is 14.8. The van der Waals surface area contributed by atoms with Crippen molar-refractivity contribution < 1.29 is 14.2 Å². The minimum Gasteiger partial charge on any atom is -0.404 e. The number of aromatic nitrogens is 2. The SMILES string of the molecule is CCOC(OCC)C(CN/C=C(\C=N)c1cnc2ccc(N/C(N)=C/C(=C\N)C(C)C)nc2c1)OC. The number of hydrogen-bond acceptors (Lipinski definition) is 10. The van der Waals surface area contributed by atoms with E-state index in [1.165, 1.54) is 6.21 Å². The molecule has 196 valence electrons. The van der Waals surface area contributed by atoms with Crippen molar-refractivity contribution >= 4 is 28.6 Å². The normalized spacial score (nSPS) is 13.9. The smallest absolute Gasteiger partial charge is 0.185 e. The van der Waals surface area contributed by atoms with Crippen LogP contribution in [0.5, 0.6) is 0 Å². The van der Waals surface area contributed by atoms with Gasteiger partial charge < -0.3 is 41.7 Å². The average Bonchev–Trinajstić information content (AvgIpc) is 2.87. The van der Waals surface area contributed by atoms with E-state index in [0.717, 1.165) is 16.7 Å². The largest absolute Gasteiger partial charge is 0.404 e. The number of nitrogens with zero attached hydrogens (tertiary/aromatic N) is 2. The summed E-state index contributed by atoms with van der Waals surface area (Å²) >= 11 is 0. The van der Waals surface area contributed by atoms with Gasteiger partial charge in [0.2, 0.25) is 0 Å². The highest BCUT2D eigenvalue weighted by Gasteiger charge is 2.21. The van der Waals surface area contributed by atoms with Crippen LogP contribution in [-0.2, 0) is 14.2 Å². The maximum atomic E-state index is 7.89. The summed E-state index contributed by atoms with van der Waals surface area (Å²) in [5, 5.41) is 14.2. The highest BCUT2D eigenvalue weighted by atomic mass is 16.7. The molecule has 10 heteroatoms. The van der Waals surface area contributed by atoms with Crippen LogP contribution in [0, 0.1) is 11.3 Å². The zero-order valence-corrected chi connectivity index (χ0v) is 21.7. The maximum absolute atomic E-state index is 7.89. The van der Waals surface area contributed by atoms with Crippen LogP contribution in [0.2, 0.25) is 0 Å². The van der Waals surface area contributed by atoms with Gasteiger partial charge in [0.05, 0.1) is 11.0 Å². The molecule has 0 aliphatic rings. The Morgan fingerprint density at radius 2 is 1.89 bits per heavy atom. The van der Waals surface area contributed by atoms with Crippen molar-refractivity contribution in [2.24, 2.45) is 17.4 Å². The molecule has 0 bridgehead atoms. The standard InChI is InChI=1S/C26H39N7O3/c1-6-35-26(36-7-2)23(34-5)16-30-14-20(13-28)19-10-22-21(31-15-19)8-9-25(32-22)33-24(29)11-18(12-27)17(3)4/h8-15,17,23,26,28,30H,6-7,16,27,29H2,1-5H3,(H,32,33)/b18-12+,20-14+,24-11+,28-13?. The monoisotopic (exact) mass is 497 g/mol. The summed E-state index contributed by atoms with van der Waals surface area (Å²) in [6.07, 6.45) is 7.25. The number of ether oxygens (including phenoxy) is 3. The van der Waals surface area contributed by atoms with Crippen LogP contribution in [-0.4, -0.2) is 55.4 Å². The van der Waals surface area contributed by atoms with E-state index in [-0.39, 0.29) is 12.0 Å². The van der Waals surface area contributed by atoms with Crippen LogP contribution in [0.1, 0.15) is 33.3 Å². The number of fused-ring (bicyclic) bond motifs is 1. The van der Waals surface area contributed by atoms with Crippen LogP contribution in [0.25, 0.3) is 16.6 Å². The van der Waals surface area contributed by atoms with Gasteiger partial charge in [0.25, 0.3) is 0 Å². The maximum Gasteiger partial charge on any atom is 0.185 e.